The second kappa shape index (κ2) is 4.12. The van der Waals surface area contributed by atoms with Crippen LogP contribution in [0, 0.1) is 0 Å². The summed E-state index contributed by atoms with van der Waals surface area (Å²) in [4.78, 5) is 0. The van der Waals surface area contributed by atoms with E-state index in [0.717, 1.165) is 4.68 Å². The molecule has 6 heteroatoms. The summed E-state index contributed by atoms with van der Waals surface area (Å²) in [7, 11) is 1.39. The zero-order valence-electron chi connectivity index (χ0n) is 8.80. The van der Waals surface area contributed by atoms with Crippen LogP contribution in [0.15, 0.2) is 6.20 Å². The molecule has 0 bridgehead atoms. The summed E-state index contributed by atoms with van der Waals surface area (Å²) in [5, 5.41) is 3.71. The fraction of sp³-hybridized carbons (Fsp3) is 0.667. The van der Waals surface area contributed by atoms with E-state index in [1.807, 2.05) is 13.8 Å². The number of hydrogen-bond donors (Lipinski definition) is 0. The zero-order valence-corrected chi connectivity index (χ0v) is 8.80. The van der Waals surface area contributed by atoms with Crippen LogP contribution in [0.4, 0.5) is 13.2 Å². The number of ether oxygens (including phenoxy) is 1. The van der Waals surface area contributed by atoms with E-state index in [4.69, 9.17) is 4.74 Å². The minimum atomic E-state index is -4.26. The number of halogens is 3. The first kappa shape index (κ1) is 11.9. The maximum atomic E-state index is 12.1. The Morgan fingerprint density at radius 2 is 2.07 bits per heavy atom. The van der Waals surface area contributed by atoms with Crippen molar-refractivity contribution in [3.63, 3.8) is 0 Å². The van der Waals surface area contributed by atoms with Gasteiger partial charge < -0.3 is 4.74 Å². The lowest BCUT2D eigenvalue weighted by atomic mass is 10.1. The van der Waals surface area contributed by atoms with E-state index in [9.17, 15) is 13.2 Å². The summed E-state index contributed by atoms with van der Waals surface area (Å²) in [6, 6.07) is 0. The van der Waals surface area contributed by atoms with Gasteiger partial charge in [0.15, 0.2) is 0 Å². The lowest BCUT2D eigenvalue weighted by Crippen LogP contribution is -2.17. The molecule has 0 saturated carbocycles. The Bertz CT molecular complexity index is 331. The van der Waals surface area contributed by atoms with Crippen LogP contribution in [0.3, 0.4) is 0 Å². The highest BCUT2D eigenvalue weighted by Crippen LogP contribution is 2.26. The predicted octanol–water partition coefficient (Wildman–Crippen LogP) is 2.58. The standard InChI is InChI=1S/C9H13F3N2O/c1-6(2)7-4-14(5-9(10,11)12)13-8(7)15-3/h4,6H,5H2,1-3H3. The van der Waals surface area contributed by atoms with E-state index in [1.165, 1.54) is 13.3 Å². The molecular weight excluding hydrogens is 209 g/mol. The van der Waals surface area contributed by atoms with E-state index in [0.29, 0.717) is 5.56 Å². The molecule has 15 heavy (non-hydrogen) atoms. The molecule has 1 aromatic rings. The van der Waals surface area contributed by atoms with Crippen LogP contribution in [0.25, 0.3) is 0 Å². The number of aromatic nitrogens is 2. The minimum absolute atomic E-state index is 0.0851. The van der Waals surface area contributed by atoms with Crippen molar-refractivity contribution in [1.29, 1.82) is 0 Å². The summed E-state index contributed by atoms with van der Waals surface area (Å²) < 4.78 is 42.0. The first-order chi connectivity index (χ1) is 6.83. The Hall–Kier alpha value is -1.20. The third-order valence-corrected chi connectivity index (χ3v) is 1.91. The van der Waals surface area contributed by atoms with Crippen LogP contribution in [0.5, 0.6) is 5.88 Å². The molecule has 0 radical (unpaired) electrons. The molecule has 3 nitrogen and oxygen atoms in total. The van der Waals surface area contributed by atoms with Crippen molar-refractivity contribution in [2.75, 3.05) is 7.11 Å². The first-order valence-electron chi connectivity index (χ1n) is 4.51. The van der Waals surface area contributed by atoms with Gasteiger partial charge in [0, 0.05) is 11.8 Å². The van der Waals surface area contributed by atoms with Crippen molar-refractivity contribution in [3.8, 4) is 5.88 Å². The molecule has 0 aliphatic heterocycles. The van der Waals surface area contributed by atoms with Crippen molar-refractivity contribution in [3.05, 3.63) is 11.8 Å². The van der Waals surface area contributed by atoms with Crippen molar-refractivity contribution >= 4 is 0 Å². The van der Waals surface area contributed by atoms with Crippen molar-refractivity contribution in [1.82, 2.24) is 9.78 Å². The third-order valence-electron chi connectivity index (χ3n) is 1.91. The maximum absolute atomic E-state index is 12.1. The minimum Gasteiger partial charge on any atom is -0.480 e. The van der Waals surface area contributed by atoms with Gasteiger partial charge >= 0.3 is 6.18 Å². The average Bonchev–Trinajstić information content (AvgIpc) is 2.44. The number of hydrogen-bond acceptors (Lipinski definition) is 2. The molecule has 0 aliphatic rings. The van der Waals surface area contributed by atoms with Gasteiger partial charge in [0.05, 0.1) is 7.11 Å². The molecule has 86 valence electrons. The molecule has 0 N–H and O–H groups in total. The Labute approximate surface area is 85.8 Å². The summed E-state index contributed by atoms with van der Waals surface area (Å²) in [6.07, 6.45) is -2.89. The lowest BCUT2D eigenvalue weighted by molar-refractivity contribution is -0.142. The van der Waals surface area contributed by atoms with Gasteiger partial charge in [-0.05, 0) is 5.92 Å². The fourth-order valence-corrected chi connectivity index (χ4v) is 1.24. The topological polar surface area (TPSA) is 27.1 Å². The number of nitrogens with zero attached hydrogens (tertiary/aromatic N) is 2. The van der Waals surface area contributed by atoms with Gasteiger partial charge in [-0.15, -0.1) is 5.10 Å². The third kappa shape index (κ3) is 3.14. The monoisotopic (exact) mass is 222 g/mol. The summed E-state index contributed by atoms with van der Waals surface area (Å²) >= 11 is 0. The Kier molecular flexibility index (Phi) is 3.26. The second-order valence-corrected chi connectivity index (χ2v) is 3.56. The van der Waals surface area contributed by atoms with Gasteiger partial charge in [-0.2, -0.15) is 13.2 Å². The Balaban J connectivity index is 2.93. The van der Waals surface area contributed by atoms with E-state index < -0.39 is 12.7 Å². The SMILES string of the molecule is COc1nn(CC(F)(F)F)cc1C(C)C. The van der Waals surface area contributed by atoms with Crippen molar-refractivity contribution in [2.45, 2.75) is 32.5 Å². The predicted molar refractivity (Wildman–Crippen MR) is 48.9 cm³/mol. The lowest BCUT2D eigenvalue weighted by Gasteiger charge is -2.04. The van der Waals surface area contributed by atoms with E-state index >= 15 is 0 Å². The zero-order chi connectivity index (χ0) is 11.6. The summed E-state index contributed by atoms with van der Waals surface area (Å²) in [5.41, 5.74) is 0.682. The van der Waals surface area contributed by atoms with Gasteiger partial charge in [0.2, 0.25) is 5.88 Å². The molecule has 0 saturated heterocycles. The number of rotatable bonds is 3. The van der Waals surface area contributed by atoms with Crippen LogP contribution < -0.4 is 4.74 Å². The highest BCUT2D eigenvalue weighted by Gasteiger charge is 2.29. The van der Waals surface area contributed by atoms with Gasteiger partial charge in [0.1, 0.15) is 6.54 Å². The van der Waals surface area contributed by atoms with Crippen LogP contribution in [0.1, 0.15) is 25.3 Å². The quantitative estimate of drug-likeness (QED) is 0.785. The summed E-state index contributed by atoms with van der Waals surface area (Å²) in [5.74, 6) is 0.344. The molecule has 1 aromatic heterocycles. The molecule has 0 atom stereocenters. The normalized spacial score (nSPS) is 12.2. The highest BCUT2D eigenvalue weighted by atomic mass is 19.4. The molecule has 0 unspecified atom stereocenters. The Morgan fingerprint density at radius 3 is 2.40 bits per heavy atom. The van der Waals surface area contributed by atoms with Gasteiger partial charge in [-0.1, -0.05) is 13.8 Å². The van der Waals surface area contributed by atoms with Gasteiger partial charge in [-0.3, -0.25) is 4.68 Å². The van der Waals surface area contributed by atoms with Crippen molar-refractivity contribution in [2.24, 2.45) is 0 Å². The number of methoxy groups -OCH3 is 1. The molecule has 0 amide bonds. The van der Waals surface area contributed by atoms with E-state index in [2.05, 4.69) is 5.10 Å². The summed E-state index contributed by atoms with van der Waals surface area (Å²) in [6.45, 7) is 2.66. The van der Waals surface area contributed by atoms with Crippen LogP contribution >= 0.6 is 0 Å². The van der Waals surface area contributed by atoms with E-state index in [-0.39, 0.29) is 11.8 Å². The smallest absolute Gasteiger partial charge is 0.408 e. The van der Waals surface area contributed by atoms with Gasteiger partial charge in [-0.25, -0.2) is 0 Å². The van der Waals surface area contributed by atoms with Gasteiger partial charge in [0.25, 0.3) is 0 Å². The number of alkyl halides is 3. The van der Waals surface area contributed by atoms with E-state index in [1.54, 1.807) is 0 Å². The Morgan fingerprint density at radius 1 is 1.47 bits per heavy atom. The molecule has 0 aliphatic carbocycles. The van der Waals surface area contributed by atoms with Crippen LogP contribution in [0.2, 0.25) is 0 Å². The van der Waals surface area contributed by atoms with Crippen LogP contribution in [-0.4, -0.2) is 23.1 Å². The average molecular weight is 222 g/mol. The fourth-order valence-electron chi connectivity index (χ4n) is 1.24. The molecule has 0 fully saturated rings. The maximum Gasteiger partial charge on any atom is 0.408 e. The molecule has 0 spiro atoms. The second-order valence-electron chi connectivity index (χ2n) is 3.56. The largest absolute Gasteiger partial charge is 0.480 e. The van der Waals surface area contributed by atoms with Crippen LogP contribution in [-0.2, 0) is 6.54 Å². The molecule has 1 heterocycles. The highest BCUT2D eigenvalue weighted by molar-refractivity contribution is 5.26. The first-order valence-corrected chi connectivity index (χ1v) is 4.51. The van der Waals surface area contributed by atoms with Crippen molar-refractivity contribution < 1.29 is 17.9 Å². The molecule has 1 rings (SSSR count). The molecule has 0 aromatic carbocycles. The molecular formula is C9H13F3N2O.